The molecule has 0 amide bonds. The van der Waals surface area contributed by atoms with Gasteiger partial charge < -0.3 is 36.3 Å². The maximum Gasteiger partial charge on any atom is 3.00 e. The Labute approximate surface area is 430 Å². The van der Waals surface area contributed by atoms with Crippen LogP contribution in [0, 0.1) is 21.5 Å². The number of hydrogen-bond acceptors (Lipinski definition) is 2. The maximum atomic E-state index is 5.90. The van der Waals surface area contributed by atoms with E-state index in [4.69, 9.17) is 24.1 Å². The molecule has 7 aromatic rings. The first-order valence-corrected chi connectivity index (χ1v) is 26.2. The van der Waals surface area contributed by atoms with Crippen molar-refractivity contribution in [2.24, 2.45) is 0 Å². The van der Waals surface area contributed by atoms with Crippen molar-refractivity contribution in [3.63, 3.8) is 0 Å². The number of aromatic nitrogens is 4. The van der Waals surface area contributed by atoms with E-state index >= 15 is 0 Å². The fraction of sp³-hybridized carbons (Fsp3) is 0.381. The van der Waals surface area contributed by atoms with E-state index in [9.17, 15) is 0 Å². The van der Waals surface area contributed by atoms with E-state index in [1.54, 1.807) is 0 Å². The van der Waals surface area contributed by atoms with Crippen LogP contribution in [0.3, 0.4) is 0 Å². The fourth-order valence-corrected chi connectivity index (χ4v) is 11.7. The van der Waals surface area contributed by atoms with Crippen molar-refractivity contribution in [2.45, 2.75) is 118 Å². The van der Waals surface area contributed by atoms with E-state index in [-0.39, 0.29) is 30.1 Å². The zero-order chi connectivity index (χ0) is 47.3. The Kier molecular flexibility index (Phi) is 17.8. The molecule has 3 aromatic heterocycles. The predicted molar refractivity (Wildman–Crippen MR) is 294 cm³/mol. The molecule has 7 heteroatoms. The summed E-state index contributed by atoms with van der Waals surface area (Å²) in [6.07, 6.45) is 11.2. The second-order valence-electron chi connectivity index (χ2n) is 19.3. The first-order chi connectivity index (χ1) is 33.3. The van der Waals surface area contributed by atoms with Crippen LogP contribution in [0.1, 0.15) is 129 Å². The Morgan fingerprint density at radius 2 is 0.786 bits per heavy atom. The van der Waals surface area contributed by atoms with Gasteiger partial charge in [0, 0.05) is 14.1 Å². The molecule has 0 unspecified atom stereocenters. The summed E-state index contributed by atoms with van der Waals surface area (Å²) in [6, 6.07) is 40.6. The summed E-state index contributed by atoms with van der Waals surface area (Å²) in [5.74, 6) is 0.546. The van der Waals surface area contributed by atoms with Gasteiger partial charge in [0.15, 0.2) is 0 Å². The zero-order valence-electron chi connectivity index (χ0n) is 43.3. The van der Waals surface area contributed by atoms with Crippen LogP contribution in [0.15, 0.2) is 109 Å². The zero-order valence-corrected chi connectivity index (χ0v) is 44.3. The Bertz CT molecular complexity index is 3030. The summed E-state index contributed by atoms with van der Waals surface area (Å²) in [5.41, 5.74) is 16.0. The van der Waals surface area contributed by atoms with Gasteiger partial charge in [0.05, 0.1) is 0 Å². The van der Waals surface area contributed by atoms with E-state index in [1.807, 2.05) is 0 Å². The first kappa shape index (κ1) is 52.5. The van der Waals surface area contributed by atoms with Gasteiger partial charge in [-0.3, -0.25) is 0 Å². The third-order valence-corrected chi connectivity index (χ3v) is 15.5. The molecule has 0 saturated heterocycles. The van der Waals surface area contributed by atoms with Gasteiger partial charge in [-0.05, 0) is 145 Å². The topological polar surface area (TPSA) is 42.4 Å². The molecule has 5 heterocycles. The predicted octanol–water partition coefficient (Wildman–Crippen LogP) is 14.9. The summed E-state index contributed by atoms with van der Waals surface area (Å²) in [7, 11) is 10.0. The van der Waals surface area contributed by atoms with Crippen molar-refractivity contribution in [2.75, 3.05) is 39.3 Å². The van der Waals surface area contributed by atoms with Crippen molar-refractivity contribution in [1.82, 2.24) is 19.8 Å². The molecule has 0 radical (unpaired) electrons. The quantitative estimate of drug-likeness (QED) is 0.0564. The molecule has 4 aromatic carbocycles. The molecule has 0 fully saturated rings. The van der Waals surface area contributed by atoms with Crippen LogP contribution < -0.4 is 19.1 Å². The van der Waals surface area contributed by atoms with Crippen molar-refractivity contribution in [3.05, 3.63) is 142 Å². The monoisotopic (exact) mass is 977 g/mol. The standard InChI is InChI=1S/C62H74N6.CH3.Co/c1-9-15-27-43(28-16-10-2)57-59-49-35-21-17-31-45(49)53(63-59)41-56-48-34-20-24-38-52(48)62(66(56)8)58(44(29-25-39-67(11-3)12-4)30-26-40-68(13-5)14-6)60-50-36-22-18-32-46(50)54(64-60)42-55-47-33-19-23-37-51(47)61(57)65(55)7;;/h17-24,31-38,41-44H,7-16,25-30,39-40H2,1-6H3;1H3;/q-2;-1;+3. The summed E-state index contributed by atoms with van der Waals surface area (Å²) in [6.45, 7) is 20.2. The smallest absolute Gasteiger partial charge is 0.658 e. The summed E-state index contributed by atoms with van der Waals surface area (Å²) in [5, 5.41) is 4.72. The van der Waals surface area contributed by atoms with Gasteiger partial charge in [-0.2, -0.15) is 0 Å². The number of rotatable bonds is 20. The van der Waals surface area contributed by atoms with Gasteiger partial charge in [0.25, 0.3) is 0 Å². The van der Waals surface area contributed by atoms with Gasteiger partial charge in [-0.15, -0.1) is 22.1 Å². The third kappa shape index (κ3) is 9.97. The van der Waals surface area contributed by atoms with Gasteiger partial charge in [-0.25, -0.2) is 0 Å². The number of unbranched alkanes of at least 4 members (excludes halogenated alkanes) is 2. The number of nitrogens with zero attached hydrogens (tertiary/aromatic N) is 6. The van der Waals surface area contributed by atoms with Crippen LogP contribution in [0.2, 0.25) is 0 Å². The molecule has 70 heavy (non-hydrogen) atoms. The average Bonchev–Trinajstić information content (AvgIpc) is 4.08. The minimum atomic E-state index is 0. The Morgan fingerprint density at radius 1 is 0.457 bits per heavy atom. The number of fused-ring (bicyclic) bond motifs is 20. The first-order valence-electron chi connectivity index (χ1n) is 26.2. The van der Waals surface area contributed by atoms with Crippen molar-refractivity contribution >= 4 is 43.6 Å². The van der Waals surface area contributed by atoms with E-state index in [2.05, 4.69) is 170 Å². The molecule has 368 valence electrons. The SMILES string of the molecule is [CH2-][n+]1c2cc3[n-]c(c(C(CCCN(CC)CC)CCCN(CC)CC)c4[n+]([CH2-])c(cc5[n-]c(c(C(CCCC)CCCC)c1-c1ccccc1-2)c1ccccc51)-c1ccccc1-4)c1ccccc31.[CH3-].[Co+3]. The van der Waals surface area contributed by atoms with Crippen LogP contribution in [0.25, 0.3) is 88.6 Å². The Hall–Kier alpha value is -5.31. The summed E-state index contributed by atoms with van der Waals surface area (Å²) < 4.78 is 4.52. The molecule has 6 nitrogen and oxygen atoms in total. The molecule has 8 bridgehead atoms. The fourth-order valence-electron chi connectivity index (χ4n) is 11.7. The molecule has 0 spiro atoms. The second-order valence-corrected chi connectivity index (χ2v) is 19.3. The molecular formula is C63H77CoN6. The van der Waals surface area contributed by atoms with Crippen LogP contribution in [0.4, 0.5) is 0 Å². The van der Waals surface area contributed by atoms with Crippen molar-refractivity contribution in [3.8, 4) is 45.0 Å². The molecular weight excluding hydrogens is 900 g/mol. The average molecular weight is 977 g/mol. The largest absolute Gasteiger partial charge is 3.00 e. The van der Waals surface area contributed by atoms with E-state index in [0.717, 1.165) is 137 Å². The second kappa shape index (κ2) is 23.7. The van der Waals surface area contributed by atoms with Crippen LogP contribution >= 0.6 is 0 Å². The van der Waals surface area contributed by atoms with Crippen LogP contribution in [-0.4, -0.2) is 49.1 Å². The minimum Gasteiger partial charge on any atom is -0.658 e. The van der Waals surface area contributed by atoms with Crippen molar-refractivity contribution < 1.29 is 25.9 Å². The maximum absolute atomic E-state index is 5.90. The van der Waals surface area contributed by atoms with E-state index in [1.165, 1.54) is 66.3 Å². The Balaban J connectivity index is 0.00000361. The van der Waals surface area contributed by atoms with Crippen LogP contribution in [0.5, 0.6) is 0 Å². The van der Waals surface area contributed by atoms with Gasteiger partial charge in [0.1, 0.15) is 22.8 Å². The van der Waals surface area contributed by atoms with E-state index in [0.29, 0.717) is 5.92 Å². The van der Waals surface area contributed by atoms with E-state index < -0.39 is 0 Å². The molecule has 0 aliphatic carbocycles. The van der Waals surface area contributed by atoms with Gasteiger partial charge >= 0.3 is 16.8 Å². The molecule has 0 saturated carbocycles. The number of benzene rings is 4. The van der Waals surface area contributed by atoms with Gasteiger partial charge in [0.2, 0.25) is 0 Å². The summed E-state index contributed by atoms with van der Waals surface area (Å²) >= 11 is 0. The Morgan fingerprint density at radius 3 is 1.14 bits per heavy atom. The molecule has 2 aliphatic heterocycles. The van der Waals surface area contributed by atoms with Crippen LogP contribution in [-0.2, 0) is 16.8 Å². The third-order valence-electron chi connectivity index (χ3n) is 15.5. The molecule has 0 N–H and O–H groups in total. The normalized spacial score (nSPS) is 12.0. The summed E-state index contributed by atoms with van der Waals surface area (Å²) in [4.78, 5) is 16.9. The number of hydrogen-bond donors (Lipinski definition) is 0. The minimum absolute atomic E-state index is 0. The molecule has 2 aliphatic rings. The van der Waals surface area contributed by atoms with Crippen molar-refractivity contribution in [1.29, 1.82) is 0 Å². The molecule has 9 rings (SSSR count). The molecule has 0 atom stereocenters. The van der Waals surface area contributed by atoms with Gasteiger partial charge in [-0.1, -0.05) is 176 Å².